The highest BCUT2D eigenvalue weighted by molar-refractivity contribution is 5.91. The van der Waals surface area contributed by atoms with Crippen LogP contribution in [-0.4, -0.2) is 48.2 Å². The van der Waals surface area contributed by atoms with Gasteiger partial charge < -0.3 is 24.7 Å². The van der Waals surface area contributed by atoms with Crippen LogP contribution >= 0.6 is 0 Å². The Labute approximate surface area is 169 Å². The van der Waals surface area contributed by atoms with Crippen LogP contribution in [0.15, 0.2) is 48.8 Å². The number of rotatable bonds is 5. The number of pyridine rings is 1. The number of para-hydroxylation sites is 1. The van der Waals surface area contributed by atoms with Crippen molar-refractivity contribution in [3.63, 3.8) is 0 Å². The highest BCUT2D eigenvalue weighted by Gasteiger charge is 2.20. The molecule has 3 aromatic rings. The summed E-state index contributed by atoms with van der Waals surface area (Å²) in [6.45, 7) is 1.61. The number of carbonyl (C=O) groups is 1. The molecular formula is C22H24N4O3. The van der Waals surface area contributed by atoms with Crippen LogP contribution in [0.25, 0.3) is 16.6 Å². The number of fused-ring (bicyclic) bond motifs is 1. The molecule has 1 aliphatic heterocycles. The van der Waals surface area contributed by atoms with Crippen LogP contribution in [0.2, 0.25) is 0 Å². The van der Waals surface area contributed by atoms with Gasteiger partial charge in [-0.3, -0.25) is 0 Å². The van der Waals surface area contributed by atoms with Gasteiger partial charge in [-0.05, 0) is 30.2 Å². The van der Waals surface area contributed by atoms with Crippen LogP contribution < -0.4 is 14.8 Å². The van der Waals surface area contributed by atoms with E-state index < -0.39 is 0 Å². The molecule has 29 heavy (non-hydrogen) atoms. The van der Waals surface area contributed by atoms with Crippen LogP contribution in [0.4, 0.5) is 4.79 Å². The molecule has 4 rings (SSSR count). The Morgan fingerprint density at radius 2 is 2.14 bits per heavy atom. The van der Waals surface area contributed by atoms with Crippen molar-refractivity contribution in [3.05, 3.63) is 59.9 Å². The van der Waals surface area contributed by atoms with Gasteiger partial charge in [0.25, 0.3) is 0 Å². The fourth-order valence-electron chi connectivity index (χ4n) is 3.70. The quantitative estimate of drug-likeness (QED) is 0.696. The van der Waals surface area contributed by atoms with Gasteiger partial charge in [0.1, 0.15) is 5.65 Å². The molecule has 0 fully saturated rings. The third-order valence-electron chi connectivity index (χ3n) is 5.21. The first-order valence-electron chi connectivity index (χ1n) is 9.55. The molecule has 0 saturated carbocycles. The monoisotopic (exact) mass is 392 g/mol. The Morgan fingerprint density at radius 3 is 2.90 bits per heavy atom. The summed E-state index contributed by atoms with van der Waals surface area (Å²) in [5.41, 5.74) is 4.16. The van der Waals surface area contributed by atoms with E-state index >= 15 is 0 Å². The van der Waals surface area contributed by atoms with Crippen molar-refractivity contribution in [1.29, 1.82) is 0 Å². The summed E-state index contributed by atoms with van der Waals surface area (Å²) >= 11 is 0. The second-order valence-electron chi connectivity index (χ2n) is 6.84. The van der Waals surface area contributed by atoms with E-state index in [9.17, 15) is 4.79 Å². The minimum atomic E-state index is -0.0919. The summed E-state index contributed by atoms with van der Waals surface area (Å²) in [6, 6.07) is 9.55. The number of nitrogens with one attached hydrogen (secondary N) is 2. The van der Waals surface area contributed by atoms with E-state index in [1.165, 1.54) is 5.57 Å². The highest BCUT2D eigenvalue weighted by atomic mass is 16.5. The fourth-order valence-corrected chi connectivity index (χ4v) is 3.70. The second kappa shape index (κ2) is 8.26. The molecule has 0 atom stereocenters. The minimum absolute atomic E-state index is 0.0919. The molecule has 0 bridgehead atoms. The van der Waals surface area contributed by atoms with Crippen molar-refractivity contribution >= 4 is 22.6 Å². The third kappa shape index (κ3) is 3.76. The van der Waals surface area contributed by atoms with Gasteiger partial charge in [-0.1, -0.05) is 18.2 Å². The van der Waals surface area contributed by atoms with Crippen molar-refractivity contribution in [1.82, 2.24) is 20.2 Å². The Bertz CT molecular complexity index is 1060. The van der Waals surface area contributed by atoms with E-state index in [0.717, 1.165) is 28.6 Å². The normalized spacial score (nSPS) is 13.9. The summed E-state index contributed by atoms with van der Waals surface area (Å²) < 4.78 is 10.7. The number of nitrogens with zero attached hydrogens (tertiary/aromatic N) is 2. The number of urea groups is 1. The smallest absolute Gasteiger partial charge is 0.317 e. The molecule has 0 unspecified atom stereocenters. The number of methoxy groups -OCH3 is 2. The highest BCUT2D eigenvalue weighted by Crippen LogP contribution is 2.31. The number of amides is 2. The zero-order chi connectivity index (χ0) is 20.2. The molecule has 2 aromatic heterocycles. The predicted molar refractivity (Wildman–Crippen MR) is 112 cm³/mol. The fraction of sp³-hybridized carbons (Fsp3) is 0.273. The molecule has 0 spiro atoms. The molecular weight excluding hydrogens is 368 g/mol. The number of hydrogen-bond acceptors (Lipinski definition) is 4. The van der Waals surface area contributed by atoms with E-state index in [1.807, 2.05) is 35.4 Å². The summed E-state index contributed by atoms with van der Waals surface area (Å²) in [5.74, 6) is 1.29. The molecule has 0 aliphatic carbocycles. The van der Waals surface area contributed by atoms with Crippen molar-refractivity contribution in [2.75, 3.05) is 27.3 Å². The number of ether oxygens (including phenoxy) is 2. The lowest BCUT2D eigenvalue weighted by Gasteiger charge is -2.27. The Hall–Kier alpha value is -3.48. The number of aromatic amines is 1. The topological polar surface area (TPSA) is 79.5 Å². The van der Waals surface area contributed by atoms with Gasteiger partial charge in [-0.15, -0.1) is 0 Å². The Kier molecular flexibility index (Phi) is 5.37. The second-order valence-corrected chi connectivity index (χ2v) is 6.84. The number of hydrogen-bond donors (Lipinski definition) is 2. The largest absolute Gasteiger partial charge is 0.493 e. The summed E-state index contributed by atoms with van der Waals surface area (Å²) in [5, 5.41) is 4.09. The van der Waals surface area contributed by atoms with E-state index in [2.05, 4.69) is 27.4 Å². The number of aromatic nitrogens is 2. The average molecular weight is 392 g/mol. The van der Waals surface area contributed by atoms with Crippen molar-refractivity contribution in [3.8, 4) is 11.5 Å². The first-order valence-corrected chi connectivity index (χ1v) is 9.55. The maximum absolute atomic E-state index is 12.6. The van der Waals surface area contributed by atoms with Crippen molar-refractivity contribution in [2.24, 2.45) is 0 Å². The molecule has 3 heterocycles. The van der Waals surface area contributed by atoms with Crippen molar-refractivity contribution in [2.45, 2.75) is 13.0 Å². The molecule has 2 N–H and O–H groups in total. The zero-order valence-corrected chi connectivity index (χ0v) is 16.6. The predicted octanol–water partition coefficient (Wildman–Crippen LogP) is 3.58. The van der Waals surface area contributed by atoms with E-state index in [0.29, 0.717) is 31.1 Å². The molecule has 7 heteroatoms. The molecule has 0 radical (unpaired) electrons. The van der Waals surface area contributed by atoms with E-state index in [1.54, 1.807) is 20.4 Å². The lowest BCUT2D eigenvalue weighted by molar-refractivity contribution is 0.202. The van der Waals surface area contributed by atoms with Gasteiger partial charge in [-0.25, -0.2) is 9.78 Å². The first-order chi connectivity index (χ1) is 14.2. The van der Waals surface area contributed by atoms with Gasteiger partial charge in [0.15, 0.2) is 11.5 Å². The Morgan fingerprint density at radius 1 is 1.24 bits per heavy atom. The maximum Gasteiger partial charge on any atom is 0.317 e. The van der Waals surface area contributed by atoms with Gasteiger partial charge in [0, 0.05) is 48.5 Å². The average Bonchev–Trinajstić information content (AvgIpc) is 3.21. The zero-order valence-electron chi connectivity index (χ0n) is 16.6. The first kappa shape index (κ1) is 18.9. The number of benzene rings is 1. The summed E-state index contributed by atoms with van der Waals surface area (Å²) in [7, 11) is 3.20. The number of carbonyl (C=O) groups excluding carboxylic acids is 1. The van der Waals surface area contributed by atoms with Gasteiger partial charge in [0.2, 0.25) is 0 Å². The molecule has 2 amide bonds. The number of H-pyrrole nitrogens is 1. The Balaban J connectivity index is 1.41. The van der Waals surface area contributed by atoms with Crippen LogP contribution in [0.5, 0.6) is 11.5 Å². The van der Waals surface area contributed by atoms with Crippen LogP contribution in [0.3, 0.4) is 0 Å². The molecule has 0 saturated heterocycles. The standard InChI is InChI=1S/C22H24N4O3/c1-28-19-7-3-5-16(20(19)29-2)13-25-22(27)26-11-8-15(9-12-26)18-14-24-21-17(18)6-4-10-23-21/h3-8,10,14H,9,11-13H2,1-2H3,(H,23,24)(H,25,27). The molecule has 150 valence electrons. The lowest BCUT2D eigenvalue weighted by Crippen LogP contribution is -2.41. The van der Waals surface area contributed by atoms with Crippen molar-refractivity contribution < 1.29 is 14.3 Å². The van der Waals surface area contributed by atoms with Crippen LogP contribution in [-0.2, 0) is 6.54 Å². The summed E-state index contributed by atoms with van der Waals surface area (Å²) in [6.07, 6.45) is 6.69. The van der Waals surface area contributed by atoms with Crippen LogP contribution in [0, 0.1) is 0 Å². The third-order valence-corrected chi connectivity index (χ3v) is 5.21. The molecule has 7 nitrogen and oxygen atoms in total. The van der Waals surface area contributed by atoms with E-state index in [4.69, 9.17) is 9.47 Å². The van der Waals surface area contributed by atoms with Gasteiger partial charge >= 0.3 is 6.03 Å². The lowest BCUT2D eigenvalue weighted by atomic mass is 10.00. The maximum atomic E-state index is 12.6. The molecule has 1 aromatic carbocycles. The molecule has 1 aliphatic rings. The van der Waals surface area contributed by atoms with Gasteiger partial charge in [0.05, 0.1) is 14.2 Å². The summed E-state index contributed by atoms with van der Waals surface area (Å²) in [4.78, 5) is 22.0. The van der Waals surface area contributed by atoms with E-state index in [-0.39, 0.29) is 6.03 Å². The SMILES string of the molecule is COc1cccc(CNC(=O)N2CC=C(c3c[nH]c4ncccc34)CC2)c1OC. The van der Waals surface area contributed by atoms with Gasteiger partial charge in [-0.2, -0.15) is 0 Å². The van der Waals surface area contributed by atoms with Crippen LogP contribution in [0.1, 0.15) is 17.5 Å². The minimum Gasteiger partial charge on any atom is -0.493 e.